The minimum Gasteiger partial charge on any atom is -0.353 e. The van der Waals surface area contributed by atoms with Gasteiger partial charge in [-0.05, 0) is 37.8 Å². The van der Waals surface area contributed by atoms with E-state index in [1.165, 1.54) is 12.8 Å². The van der Waals surface area contributed by atoms with Gasteiger partial charge in [-0.15, -0.1) is 0 Å². The van der Waals surface area contributed by atoms with Gasteiger partial charge >= 0.3 is 0 Å². The zero-order chi connectivity index (χ0) is 16.5. The molecule has 0 aliphatic heterocycles. The van der Waals surface area contributed by atoms with Crippen LogP contribution in [0.25, 0.3) is 0 Å². The third-order valence-electron chi connectivity index (χ3n) is 3.84. The van der Waals surface area contributed by atoms with Crippen molar-refractivity contribution in [2.45, 2.75) is 66.8 Å². The first kappa shape index (κ1) is 20.4. The maximum atomic E-state index is 12.1. The molecule has 0 rings (SSSR count). The van der Waals surface area contributed by atoms with E-state index in [9.17, 15) is 4.79 Å². The summed E-state index contributed by atoms with van der Waals surface area (Å²) < 4.78 is 0. The average Bonchev–Trinajstić information content (AvgIpc) is 2.37. The first-order chi connectivity index (χ1) is 9.70. The molecule has 21 heavy (non-hydrogen) atoms. The highest BCUT2D eigenvalue weighted by molar-refractivity contribution is 5.78. The number of carbonyl (C=O) groups is 1. The minimum atomic E-state index is 0.0547. The zero-order valence-corrected chi connectivity index (χ0v) is 15.0. The zero-order valence-electron chi connectivity index (χ0n) is 15.0. The number of likely N-dealkylation sites (N-methyl/N-ethyl adjacent to an activating group) is 1. The highest BCUT2D eigenvalue weighted by Crippen LogP contribution is 2.14. The van der Waals surface area contributed by atoms with Crippen molar-refractivity contribution in [1.82, 2.24) is 10.2 Å². The molecule has 0 fully saturated rings. The van der Waals surface area contributed by atoms with E-state index in [4.69, 9.17) is 5.73 Å². The topological polar surface area (TPSA) is 58.4 Å². The number of amides is 1. The molecule has 0 saturated heterocycles. The Balaban J connectivity index is 4.09. The Bertz CT molecular complexity index is 290. The predicted octanol–water partition coefficient (Wildman–Crippen LogP) is 2.62. The predicted molar refractivity (Wildman–Crippen MR) is 91.2 cm³/mol. The largest absolute Gasteiger partial charge is 0.353 e. The lowest BCUT2D eigenvalue weighted by Gasteiger charge is -2.30. The van der Waals surface area contributed by atoms with Crippen LogP contribution in [-0.2, 0) is 4.79 Å². The molecule has 1 amide bonds. The van der Waals surface area contributed by atoms with E-state index in [0.717, 1.165) is 25.4 Å². The average molecular weight is 300 g/mol. The molecular formula is C17H37N3O. The van der Waals surface area contributed by atoms with Gasteiger partial charge in [-0.25, -0.2) is 0 Å². The molecule has 1 atom stereocenters. The van der Waals surface area contributed by atoms with Crippen LogP contribution < -0.4 is 11.1 Å². The first-order valence-corrected chi connectivity index (χ1v) is 8.42. The summed E-state index contributed by atoms with van der Waals surface area (Å²) in [5.41, 5.74) is 5.83. The molecule has 126 valence electrons. The molecule has 4 heteroatoms. The molecule has 0 aromatic heterocycles. The molecule has 0 radical (unpaired) electrons. The number of nitrogens with one attached hydrogen (secondary N) is 1. The Hall–Kier alpha value is -0.610. The number of hydrogen-bond donors (Lipinski definition) is 2. The van der Waals surface area contributed by atoms with Crippen molar-refractivity contribution in [3.8, 4) is 0 Å². The summed E-state index contributed by atoms with van der Waals surface area (Å²) in [5.74, 6) is 0.865. The lowest BCUT2D eigenvalue weighted by atomic mass is 9.93. The number of hydrogen-bond acceptors (Lipinski definition) is 3. The number of nitrogens with two attached hydrogens (primary N) is 1. The van der Waals surface area contributed by atoms with Crippen molar-refractivity contribution in [3.05, 3.63) is 0 Å². The first-order valence-electron chi connectivity index (χ1n) is 8.42. The van der Waals surface area contributed by atoms with Crippen LogP contribution in [0.3, 0.4) is 0 Å². The van der Waals surface area contributed by atoms with Crippen LogP contribution in [0.5, 0.6) is 0 Å². The van der Waals surface area contributed by atoms with E-state index < -0.39 is 0 Å². The highest BCUT2D eigenvalue weighted by atomic mass is 16.2. The standard InChI is InChI=1S/C17H37N3O/c1-7-20(13-17(5,6)12-18)11-16(21)19-15(4)10-8-9-14(2)3/h14-15H,7-13,18H2,1-6H3,(H,19,21). The molecule has 0 heterocycles. The van der Waals surface area contributed by atoms with Crippen LogP contribution in [0.1, 0.15) is 60.8 Å². The van der Waals surface area contributed by atoms with E-state index in [2.05, 4.69) is 51.8 Å². The van der Waals surface area contributed by atoms with E-state index >= 15 is 0 Å². The van der Waals surface area contributed by atoms with Gasteiger partial charge in [-0.2, -0.15) is 0 Å². The summed E-state index contributed by atoms with van der Waals surface area (Å²) in [6.07, 6.45) is 3.47. The van der Waals surface area contributed by atoms with Gasteiger partial charge in [0.25, 0.3) is 0 Å². The lowest BCUT2D eigenvalue weighted by Crippen LogP contribution is -2.45. The van der Waals surface area contributed by atoms with Gasteiger partial charge in [-0.3, -0.25) is 9.69 Å². The van der Waals surface area contributed by atoms with Crippen LogP contribution in [-0.4, -0.2) is 43.0 Å². The summed E-state index contributed by atoms with van der Waals surface area (Å²) in [6, 6.07) is 0.262. The van der Waals surface area contributed by atoms with Crippen LogP contribution in [0.4, 0.5) is 0 Å². The maximum Gasteiger partial charge on any atom is 0.234 e. The van der Waals surface area contributed by atoms with Crippen molar-refractivity contribution >= 4 is 5.91 Å². The van der Waals surface area contributed by atoms with Gasteiger partial charge in [0.05, 0.1) is 6.54 Å². The molecule has 0 saturated carbocycles. The summed E-state index contributed by atoms with van der Waals surface area (Å²) in [4.78, 5) is 14.3. The van der Waals surface area contributed by atoms with Crippen LogP contribution in [0.2, 0.25) is 0 Å². The van der Waals surface area contributed by atoms with Crippen molar-refractivity contribution in [3.63, 3.8) is 0 Å². The Morgan fingerprint density at radius 3 is 2.33 bits per heavy atom. The van der Waals surface area contributed by atoms with Crippen LogP contribution in [0.15, 0.2) is 0 Å². The van der Waals surface area contributed by atoms with Crippen LogP contribution >= 0.6 is 0 Å². The number of carbonyl (C=O) groups excluding carboxylic acids is 1. The SMILES string of the molecule is CCN(CC(=O)NC(C)CCCC(C)C)CC(C)(C)CN. The van der Waals surface area contributed by atoms with E-state index in [1.807, 2.05) is 0 Å². The summed E-state index contributed by atoms with van der Waals surface area (Å²) >= 11 is 0. The number of nitrogens with zero attached hydrogens (tertiary/aromatic N) is 1. The third kappa shape index (κ3) is 10.7. The molecule has 3 N–H and O–H groups in total. The summed E-state index contributed by atoms with van der Waals surface area (Å²) in [7, 11) is 0. The molecule has 4 nitrogen and oxygen atoms in total. The quantitative estimate of drug-likeness (QED) is 0.616. The maximum absolute atomic E-state index is 12.1. The van der Waals surface area contributed by atoms with Crippen molar-refractivity contribution < 1.29 is 4.79 Å². The fraction of sp³-hybridized carbons (Fsp3) is 0.941. The smallest absolute Gasteiger partial charge is 0.234 e. The summed E-state index contributed by atoms with van der Waals surface area (Å²) in [6.45, 7) is 15.8. The van der Waals surface area contributed by atoms with Crippen molar-refractivity contribution in [1.29, 1.82) is 0 Å². The monoisotopic (exact) mass is 299 g/mol. The van der Waals surface area contributed by atoms with E-state index in [-0.39, 0.29) is 17.4 Å². The third-order valence-corrected chi connectivity index (χ3v) is 3.84. The molecule has 0 aliphatic rings. The van der Waals surface area contributed by atoms with Gasteiger partial charge in [0, 0.05) is 12.6 Å². The van der Waals surface area contributed by atoms with Gasteiger partial charge in [0.15, 0.2) is 0 Å². The van der Waals surface area contributed by atoms with Gasteiger partial charge in [0.2, 0.25) is 5.91 Å². The molecule has 0 aromatic rings. The molecular weight excluding hydrogens is 262 g/mol. The molecule has 0 bridgehead atoms. The van der Waals surface area contributed by atoms with E-state index in [1.54, 1.807) is 0 Å². The van der Waals surface area contributed by atoms with Crippen molar-refractivity contribution in [2.75, 3.05) is 26.2 Å². The molecule has 0 aromatic carbocycles. The molecule has 0 aliphatic carbocycles. The Morgan fingerprint density at radius 2 is 1.86 bits per heavy atom. The second-order valence-corrected chi connectivity index (χ2v) is 7.46. The van der Waals surface area contributed by atoms with Crippen molar-refractivity contribution in [2.24, 2.45) is 17.1 Å². The fourth-order valence-electron chi connectivity index (χ4n) is 2.38. The van der Waals surface area contributed by atoms with Crippen LogP contribution in [0, 0.1) is 11.3 Å². The highest BCUT2D eigenvalue weighted by Gasteiger charge is 2.21. The van der Waals surface area contributed by atoms with Gasteiger partial charge in [-0.1, -0.05) is 47.5 Å². The minimum absolute atomic E-state index is 0.0547. The second kappa shape index (κ2) is 10.2. The number of rotatable bonds is 11. The fourth-order valence-corrected chi connectivity index (χ4v) is 2.38. The van der Waals surface area contributed by atoms with E-state index in [0.29, 0.717) is 13.1 Å². The molecule has 0 spiro atoms. The molecule has 1 unspecified atom stereocenters. The van der Waals surface area contributed by atoms with Gasteiger partial charge < -0.3 is 11.1 Å². The Morgan fingerprint density at radius 1 is 1.24 bits per heavy atom. The normalized spacial score (nSPS) is 13.8. The summed E-state index contributed by atoms with van der Waals surface area (Å²) in [5, 5.41) is 3.11. The Kier molecular flexibility index (Phi) is 9.88. The van der Waals surface area contributed by atoms with Gasteiger partial charge in [0.1, 0.15) is 0 Å². The Labute approximate surface area is 131 Å². The lowest BCUT2D eigenvalue weighted by molar-refractivity contribution is -0.123. The second-order valence-electron chi connectivity index (χ2n) is 7.46.